The van der Waals surface area contributed by atoms with Crippen molar-refractivity contribution in [1.29, 1.82) is 0 Å². The second-order valence-corrected chi connectivity index (χ2v) is 2.84. The first-order valence-electron chi connectivity index (χ1n) is 4.49. The lowest BCUT2D eigenvalue weighted by molar-refractivity contribution is -0.146. The van der Waals surface area contributed by atoms with E-state index in [4.69, 9.17) is 9.84 Å². The van der Waals surface area contributed by atoms with E-state index in [1.54, 1.807) is 30.8 Å². The molecule has 0 aliphatic heterocycles. The van der Waals surface area contributed by atoms with Gasteiger partial charge in [0.15, 0.2) is 0 Å². The van der Waals surface area contributed by atoms with Gasteiger partial charge in [-0.05, 0) is 13.8 Å². The molecule has 0 aromatic carbocycles. The molecular weight excluding hydrogens is 184 g/mol. The molecule has 0 saturated carbocycles. The first kappa shape index (κ1) is 10.7. The Hall–Kier alpha value is -1.36. The van der Waals surface area contributed by atoms with Gasteiger partial charge in [0, 0.05) is 12.4 Å². The highest BCUT2D eigenvalue weighted by molar-refractivity contribution is 5.73. The Morgan fingerprint density at radius 2 is 2.50 bits per heavy atom. The molecule has 1 aromatic heterocycles. The van der Waals surface area contributed by atoms with Crippen LogP contribution >= 0.6 is 0 Å². The Morgan fingerprint density at radius 1 is 1.79 bits per heavy atom. The number of aromatic nitrogens is 2. The normalized spacial score (nSPS) is 12.5. The number of aliphatic hydroxyl groups is 1. The van der Waals surface area contributed by atoms with Gasteiger partial charge in [-0.2, -0.15) is 0 Å². The largest absolute Gasteiger partial charge is 0.464 e. The van der Waals surface area contributed by atoms with Gasteiger partial charge in [0.1, 0.15) is 18.5 Å². The lowest BCUT2D eigenvalue weighted by atomic mass is 10.3. The Kier molecular flexibility index (Phi) is 3.64. The van der Waals surface area contributed by atoms with Crippen LogP contribution in [0, 0.1) is 0 Å². The first-order valence-corrected chi connectivity index (χ1v) is 4.49. The smallest absolute Gasteiger partial charge is 0.328 e. The molecular formula is C9H14N2O3. The van der Waals surface area contributed by atoms with Gasteiger partial charge in [-0.15, -0.1) is 0 Å². The number of ether oxygens (including phenoxy) is 1. The van der Waals surface area contributed by atoms with Gasteiger partial charge in [-0.1, -0.05) is 0 Å². The fourth-order valence-corrected chi connectivity index (χ4v) is 1.20. The Balaban J connectivity index is 2.77. The lowest BCUT2D eigenvalue weighted by Crippen LogP contribution is -2.20. The number of rotatable bonds is 4. The molecule has 1 N–H and O–H groups in total. The predicted octanol–water partition coefficient (Wildman–Crippen LogP) is 0.499. The van der Waals surface area contributed by atoms with Gasteiger partial charge in [-0.3, -0.25) is 0 Å². The molecule has 1 rings (SSSR count). The Bertz CT molecular complexity index is 309. The molecule has 14 heavy (non-hydrogen) atoms. The monoisotopic (exact) mass is 198 g/mol. The molecule has 0 aliphatic carbocycles. The summed E-state index contributed by atoms with van der Waals surface area (Å²) in [6, 6.07) is -0.445. The summed E-state index contributed by atoms with van der Waals surface area (Å²) in [5.41, 5.74) is 0. The van der Waals surface area contributed by atoms with Crippen molar-refractivity contribution >= 4 is 5.97 Å². The van der Waals surface area contributed by atoms with Crippen LogP contribution in [-0.2, 0) is 16.1 Å². The van der Waals surface area contributed by atoms with E-state index in [1.807, 2.05) is 0 Å². The van der Waals surface area contributed by atoms with Gasteiger partial charge in [-0.25, -0.2) is 9.78 Å². The average molecular weight is 198 g/mol. The third-order valence-corrected chi connectivity index (χ3v) is 1.94. The van der Waals surface area contributed by atoms with E-state index in [0.29, 0.717) is 12.4 Å². The van der Waals surface area contributed by atoms with Crippen LogP contribution in [0.2, 0.25) is 0 Å². The summed E-state index contributed by atoms with van der Waals surface area (Å²) in [7, 11) is 0. The Labute approximate surface area is 82.3 Å². The third-order valence-electron chi connectivity index (χ3n) is 1.94. The van der Waals surface area contributed by atoms with Gasteiger partial charge in [0.2, 0.25) is 0 Å². The van der Waals surface area contributed by atoms with Crippen molar-refractivity contribution in [2.75, 3.05) is 6.61 Å². The highest BCUT2D eigenvalue weighted by Gasteiger charge is 2.17. The van der Waals surface area contributed by atoms with Crippen LogP contribution < -0.4 is 0 Å². The molecule has 1 atom stereocenters. The van der Waals surface area contributed by atoms with E-state index in [1.165, 1.54) is 0 Å². The molecule has 0 aliphatic rings. The highest BCUT2D eigenvalue weighted by atomic mass is 16.5. The molecule has 1 aromatic rings. The van der Waals surface area contributed by atoms with Crippen LogP contribution in [0.5, 0.6) is 0 Å². The van der Waals surface area contributed by atoms with Gasteiger partial charge in [0.05, 0.1) is 6.61 Å². The fourth-order valence-electron chi connectivity index (χ4n) is 1.20. The van der Waals surface area contributed by atoms with E-state index in [2.05, 4.69) is 4.98 Å². The van der Waals surface area contributed by atoms with Crippen molar-refractivity contribution < 1.29 is 14.6 Å². The predicted molar refractivity (Wildman–Crippen MR) is 49.5 cm³/mol. The maximum absolute atomic E-state index is 11.4. The standard InChI is InChI=1S/C9H14N2O3/c1-3-14-9(13)7(2)11-5-4-10-8(11)6-12/h4-5,7,12H,3,6H2,1-2H3. The highest BCUT2D eigenvalue weighted by Crippen LogP contribution is 2.10. The summed E-state index contributed by atoms with van der Waals surface area (Å²) in [6.45, 7) is 3.63. The number of hydrogen-bond acceptors (Lipinski definition) is 4. The zero-order valence-electron chi connectivity index (χ0n) is 8.30. The van der Waals surface area contributed by atoms with Crippen LogP contribution in [-0.4, -0.2) is 27.2 Å². The first-order chi connectivity index (χ1) is 6.70. The van der Waals surface area contributed by atoms with E-state index >= 15 is 0 Å². The van der Waals surface area contributed by atoms with E-state index in [-0.39, 0.29) is 12.6 Å². The second kappa shape index (κ2) is 4.76. The lowest BCUT2D eigenvalue weighted by Gasteiger charge is -2.13. The van der Waals surface area contributed by atoms with Crippen LogP contribution in [0.15, 0.2) is 12.4 Å². The van der Waals surface area contributed by atoms with Crippen LogP contribution in [0.4, 0.5) is 0 Å². The van der Waals surface area contributed by atoms with Crippen LogP contribution in [0.25, 0.3) is 0 Å². The average Bonchev–Trinajstić information content (AvgIpc) is 2.64. The molecule has 5 heteroatoms. The van der Waals surface area contributed by atoms with Gasteiger partial charge >= 0.3 is 5.97 Å². The molecule has 0 fully saturated rings. The van der Waals surface area contributed by atoms with Crippen molar-refractivity contribution in [3.8, 4) is 0 Å². The van der Waals surface area contributed by atoms with E-state index < -0.39 is 6.04 Å². The van der Waals surface area contributed by atoms with E-state index in [0.717, 1.165) is 0 Å². The molecule has 0 saturated heterocycles. The minimum atomic E-state index is -0.445. The fraction of sp³-hybridized carbons (Fsp3) is 0.556. The number of carbonyl (C=O) groups excluding carboxylic acids is 1. The number of hydrogen-bond donors (Lipinski definition) is 1. The number of imidazole rings is 1. The summed E-state index contributed by atoms with van der Waals surface area (Å²) in [5.74, 6) is 0.144. The van der Waals surface area contributed by atoms with E-state index in [9.17, 15) is 4.79 Å². The molecule has 0 bridgehead atoms. The molecule has 5 nitrogen and oxygen atoms in total. The quantitative estimate of drug-likeness (QED) is 0.715. The summed E-state index contributed by atoms with van der Waals surface area (Å²) < 4.78 is 6.45. The molecule has 78 valence electrons. The van der Waals surface area contributed by atoms with Crippen molar-refractivity contribution in [2.45, 2.75) is 26.5 Å². The minimum absolute atomic E-state index is 0.184. The van der Waals surface area contributed by atoms with Crippen LogP contribution in [0.3, 0.4) is 0 Å². The van der Waals surface area contributed by atoms with Crippen molar-refractivity contribution in [3.05, 3.63) is 18.2 Å². The maximum atomic E-state index is 11.4. The number of nitrogens with zero attached hydrogens (tertiary/aromatic N) is 2. The van der Waals surface area contributed by atoms with Crippen molar-refractivity contribution in [2.24, 2.45) is 0 Å². The topological polar surface area (TPSA) is 64.4 Å². The number of esters is 1. The summed E-state index contributed by atoms with van der Waals surface area (Å²) in [5, 5.41) is 8.93. The maximum Gasteiger partial charge on any atom is 0.328 e. The SMILES string of the molecule is CCOC(=O)C(C)n1ccnc1CO. The Morgan fingerprint density at radius 3 is 3.07 bits per heavy atom. The van der Waals surface area contributed by atoms with Gasteiger partial charge in [0.25, 0.3) is 0 Å². The second-order valence-electron chi connectivity index (χ2n) is 2.84. The molecule has 1 heterocycles. The minimum Gasteiger partial charge on any atom is -0.464 e. The molecule has 0 spiro atoms. The number of aliphatic hydroxyl groups excluding tert-OH is 1. The van der Waals surface area contributed by atoms with Crippen molar-refractivity contribution in [3.63, 3.8) is 0 Å². The summed E-state index contributed by atoms with van der Waals surface area (Å²) >= 11 is 0. The number of carbonyl (C=O) groups is 1. The van der Waals surface area contributed by atoms with Gasteiger partial charge < -0.3 is 14.4 Å². The molecule has 1 unspecified atom stereocenters. The summed E-state index contributed by atoms with van der Waals surface area (Å²) in [4.78, 5) is 15.3. The molecule has 0 amide bonds. The van der Waals surface area contributed by atoms with Crippen LogP contribution in [0.1, 0.15) is 25.7 Å². The molecule has 0 radical (unpaired) electrons. The summed E-state index contributed by atoms with van der Waals surface area (Å²) in [6.07, 6.45) is 3.19. The zero-order valence-corrected chi connectivity index (χ0v) is 8.30. The zero-order chi connectivity index (χ0) is 10.6. The van der Waals surface area contributed by atoms with Crippen molar-refractivity contribution in [1.82, 2.24) is 9.55 Å². The third kappa shape index (κ3) is 2.11.